The maximum atomic E-state index is 12.6. The first-order valence-corrected chi connectivity index (χ1v) is 9.43. The number of rotatable bonds is 6. The Bertz CT molecular complexity index is 971. The van der Waals surface area contributed by atoms with E-state index in [9.17, 15) is 4.79 Å². The van der Waals surface area contributed by atoms with E-state index in [1.807, 2.05) is 28.8 Å². The molecule has 5 nitrogen and oxygen atoms in total. The zero-order valence-corrected chi connectivity index (χ0v) is 15.6. The van der Waals surface area contributed by atoms with Crippen LogP contribution in [0.2, 0.25) is 0 Å². The van der Waals surface area contributed by atoms with Crippen LogP contribution in [0.3, 0.4) is 0 Å². The first-order valence-electron chi connectivity index (χ1n) is 8.45. The molecule has 1 aromatic heterocycles. The standard InChI is InChI=1S/C20H20N4OS/c1-14(2)13-26-20-23-17-8-3-4-9-18(17)24(20)12-19(25)22-16-7-5-6-15(10-16)11-21/h3-10,14H,12-13H2,1-2H3,(H,22,25). The highest BCUT2D eigenvalue weighted by atomic mass is 32.2. The van der Waals surface area contributed by atoms with Crippen molar-refractivity contribution in [3.63, 3.8) is 0 Å². The average molecular weight is 364 g/mol. The molecule has 26 heavy (non-hydrogen) atoms. The predicted molar refractivity (Wildman–Crippen MR) is 105 cm³/mol. The average Bonchev–Trinajstić information content (AvgIpc) is 2.97. The Hall–Kier alpha value is -2.78. The van der Waals surface area contributed by atoms with E-state index in [-0.39, 0.29) is 12.5 Å². The van der Waals surface area contributed by atoms with Gasteiger partial charge in [-0.25, -0.2) is 4.98 Å². The highest BCUT2D eigenvalue weighted by Gasteiger charge is 2.14. The number of aromatic nitrogens is 2. The molecular weight excluding hydrogens is 344 g/mol. The summed E-state index contributed by atoms with van der Waals surface area (Å²) in [6.07, 6.45) is 0. The summed E-state index contributed by atoms with van der Waals surface area (Å²) in [6.45, 7) is 4.50. The van der Waals surface area contributed by atoms with E-state index in [2.05, 4.69) is 30.2 Å². The number of thioether (sulfide) groups is 1. The number of fused-ring (bicyclic) bond motifs is 1. The molecule has 0 saturated heterocycles. The number of para-hydroxylation sites is 2. The van der Waals surface area contributed by atoms with Crippen molar-refractivity contribution in [1.82, 2.24) is 9.55 Å². The lowest BCUT2D eigenvalue weighted by atomic mass is 10.2. The normalized spacial score (nSPS) is 10.8. The Kier molecular flexibility index (Phi) is 5.59. The van der Waals surface area contributed by atoms with Crippen molar-refractivity contribution in [3.05, 3.63) is 54.1 Å². The number of carbonyl (C=O) groups excluding carboxylic acids is 1. The maximum Gasteiger partial charge on any atom is 0.244 e. The fraction of sp³-hybridized carbons (Fsp3) is 0.250. The Morgan fingerprint density at radius 3 is 2.85 bits per heavy atom. The second-order valence-corrected chi connectivity index (χ2v) is 7.40. The SMILES string of the molecule is CC(C)CSc1nc2ccccc2n1CC(=O)Nc1cccc(C#N)c1. The van der Waals surface area contributed by atoms with Crippen molar-refractivity contribution < 1.29 is 4.79 Å². The minimum Gasteiger partial charge on any atom is -0.324 e. The number of benzene rings is 2. The van der Waals surface area contributed by atoms with Crippen LogP contribution in [0.15, 0.2) is 53.7 Å². The molecule has 1 amide bonds. The number of amides is 1. The lowest BCUT2D eigenvalue weighted by molar-refractivity contribution is -0.116. The number of anilines is 1. The molecule has 0 bridgehead atoms. The van der Waals surface area contributed by atoms with Crippen LogP contribution in [0.1, 0.15) is 19.4 Å². The molecule has 0 aliphatic rings. The van der Waals surface area contributed by atoms with Crippen LogP contribution in [0.5, 0.6) is 0 Å². The van der Waals surface area contributed by atoms with Crippen molar-refractivity contribution >= 4 is 34.4 Å². The van der Waals surface area contributed by atoms with Crippen LogP contribution in [0, 0.1) is 17.2 Å². The van der Waals surface area contributed by atoms with Gasteiger partial charge in [-0.15, -0.1) is 0 Å². The minimum atomic E-state index is -0.144. The van der Waals surface area contributed by atoms with E-state index in [0.29, 0.717) is 17.2 Å². The largest absolute Gasteiger partial charge is 0.324 e. The number of carbonyl (C=O) groups is 1. The van der Waals surface area contributed by atoms with Crippen molar-refractivity contribution in [2.24, 2.45) is 5.92 Å². The molecule has 0 spiro atoms. The molecule has 0 unspecified atom stereocenters. The van der Waals surface area contributed by atoms with Gasteiger partial charge >= 0.3 is 0 Å². The summed E-state index contributed by atoms with van der Waals surface area (Å²) >= 11 is 1.66. The van der Waals surface area contributed by atoms with Crippen molar-refractivity contribution in [1.29, 1.82) is 5.26 Å². The Morgan fingerprint density at radius 2 is 2.08 bits per heavy atom. The lowest BCUT2D eigenvalue weighted by Gasteiger charge is -2.10. The number of hydrogen-bond donors (Lipinski definition) is 1. The third-order valence-corrected chi connectivity index (χ3v) is 5.15. The van der Waals surface area contributed by atoms with E-state index in [4.69, 9.17) is 5.26 Å². The molecule has 6 heteroatoms. The fourth-order valence-electron chi connectivity index (χ4n) is 2.57. The van der Waals surface area contributed by atoms with Gasteiger partial charge in [0.15, 0.2) is 5.16 Å². The van der Waals surface area contributed by atoms with Gasteiger partial charge in [0.05, 0.1) is 22.7 Å². The molecule has 3 rings (SSSR count). The summed E-state index contributed by atoms with van der Waals surface area (Å²) in [7, 11) is 0. The van der Waals surface area contributed by atoms with Gasteiger partial charge in [-0.2, -0.15) is 5.26 Å². The summed E-state index contributed by atoms with van der Waals surface area (Å²) in [5.41, 5.74) is 2.97. The molecule has 0 fully saturated rings. The minimum absolute atomic E-state index is 0.144. The molecule has 0 aliphatic heterocycles. The van der Waals surface area contributed by atoms with E-state index < -0.39 is 0 Å². The zero-order chi connectivity index (χ0) is 18.5. The van der Waals surface area contributed by atoms with Crippen LogP contribution >= 0.6 is 11.8 Å². The first-order chi connectivity index (χ1) is 12.6. The quantitative estimate of drug-likeness (QED) is 0.662. The summed E-state index contributed by atoms with van der Waals surface area (Å²) in [6, 6.07) is 16.8. The highest BCUT2D eigenvalue weighted by molar-refractivity contribution is 7.99. The third-order valence-electron chi connectivity index (χ3n) is 3.74. The molecule has 0 saturated carbocycles. The predicted octanol–water partition coefficient (Wildman–Crippen LogP) is 4.29. The molecule has 1 N–H and O–H groups in total. The molecule has 0 radical (unpaired) electrons. The smallest absolute Gasteiger partial charge is 0.244 e. The van der Waals surface area contributed by atoms with Crippen LogP contribution in [0.25, 0.3) is 11.0 Å². The second kappa shape index (κ2) is 8.07. The van der Waals surface area contributed by atoms with Gasteiger partial charge in [0, 0.05) is 11.4 Å². The van der Waals surface area contributed by atoms with Crippen molar-refractivity contribution in [2.45, 2.75) is 25.5 Å². The number of nitriles is 1. The Balaban J connectivity index is 1.83. The molecule has 1 heterocycles. The maximum absolute atomic E-state index is 12.6. The molecule has 0 aliphatic carbocycles. The Labute approximate surface area is 157 Å². The van der Waals surface area contributed by atoms with Gasteiger partial charge in [0.1, 0.15) is 6.54 Å². The van der Waals surface area contributed by atoms with Gasteiger partial charge in [-0.05, 0) is 36.2 Å². The van der Waals surface area contributed by atoms with Gasteiger partial charge in [0.2, 0.25) is 5.91 Å². The molecule has 132 valence electrons. The number of nitrogens with zero attached hydrogens (tertiary/aromatic N) is 3. The topological polar surface area (TPSA) is 70.7 Å². The van der Waals surface area contributed by atoms with Gasteiger partial charge in [-0.1, -0.05) is 43.8 Å². The van der Waals surface area contributed by atoms with Crippen LogP contribution in [0.4, 0.5) is 5.69 Å². The summed E-state index contributed by atoms with van der Waals surface area (Å²) in [4.78, 5) is 17.2. The van der Waals surface area contributed by atoms with Crippen LogP contribution in [-0.4, -0.2) is 21.2 Å². The Morgan fingerprint density at radius 1 is 1.27 bits per heavy atom. The fourth-order valence-corrected chi connectivity index (χ4v) is 3.53. The van der Waals surface area contributed by atoms with Gasteiger partial charge in [-0.3, -0.25) is 4.79 Å². The molecular formula is C20H20N4OS. The first kappa shape index (κ1) is 18.0. The summed E-state index contributed by atoms with van der Waals surface area (Å²) in [5.74, 6) is 1.33. The number of hydrogen-bond acceptors (Lipinski definition) is 4. The number of nitrogens with one attached hydrogen (secondary N) is 1. The van der Waals surface area contributed by atoms with Gasteiger partial charge in [0.25, 0.3) is 0 Å². The highest BCUT2D eigenvalue weighted by Crippen LogP contribution is 2.25. The monoisotopic (exact) mass is 364 g/mol. The van der Waals surface area contributed by atoms with Crippen LogP contribution in [-0.2, 0) is 11.3 Å². The van der Waals surface area contributed by atoms with E-state index >= 15 is 0 Å². The van der Waals surface area contributed by atoms with Crippen molar-refractivity contribution in [2.75, 3.05) is 11.1 Å². The third kappa shape index (κ3) is 4.24. The lowest BCUT2D eigenvalue weighted by Crippen LogP contribution is -2.19. The molecule has 2 aromatic carbocycles. The zero-order valence-electron chi connectivity index (χ0n) is 14.8. The second-order valence-electron chi connectivity index (χ2n) is 6.41. The number of imidazole rings is 1. The van der Waals surface area contributed by atoms with Crippen LogP contribution < -0.4 is 5.32 Å². The summed E-state index contributed by atoms with van der Waals surface area (Å²) < 4.78 is 1.95. The van der Waals surface area contributed by atoms with Gasteiger partial charge < -0.3 is 9.88 Å². The van der Waals surface area contributed by atoms with E-state index in [1.54, 1.807) is 36.0 Å². The van der Waals surface area contributed by atoms with E-state index in [0.717, 1.165) is 21.9 Å². The molecule has 0 atom stereocenters. The van der Waals surface area contributed by atoms with E-state index in [1.165, 1.54) is 0 Å². The molecule has 3 aromatic rings. The summed E-state index contributed by atoms with van der Waals surface area (Å²) in [5, 5.41) is 12.7. The van der Waals surface area contributed by atoms with Crippen molar-refractivity contribution in [3.8, 4) is 6.07 Å².